The molecule has 4 heteroatoms. The van der Waals surface area contributed by atoms with Crippen LogP contribution in [0.15, 0.2) is 53.2 Å². The summed E-state index contributed by atoms with van der Waals surface area (Å²) >= 11 is 3.54. The lowest BCUT2D eigenvalue weighted by Gasteiger charge is -2.11. The SMILES string of the molecule is CC(Cc1cccs1)NCc1nc(-c2ccccc2)cs1. The van der Waals surface area contributed by atoms with Crippen molar-refractivity contribution in [1.82, 2.24) is 10.3 Å². The standard InChI is InChI=1S/C17H18N2S2/c1-13(10-15-8-5-9-20-15)18-11-17-19-16(12-21-17)14-6-3-2-4-7-14/h2-9,12-13,18H,10-11H2,1H3. The zero-order valence-electron chi connectivity index (χ0n) is 12.0. The molecule has 1 aromatic carbocycles. The van der Waals surface area contributed by atoms with Crippen molar-refractivity contribution in [1.29, 1.82) is 0 Å². The number of aromatic nitrogens is 1. The van der Waals surface area contributed by atoms with Crippen molar-refractivity contribution >= 4 is 22.7 Å². The molecule has 0 aliphatic heterocycles. The maximum atomic E-state index is 4.71. The minimum Gasteiger partial charge on any atom is -0.308 e. The van der Waals surface area contributed by atoms with Crippen LogP contribution in [-0.2, 0) is 13.0 Å². The molecular formula is C17H18N2S2. The van der Waals surface area contributed by atoms with Crippen LogP contribution in [0.4, 0.5) is 0 Å². The Morgan fingerprint density at radius 3 is 2.71 bits per heavy atom. The summed E-state index contributed by atoms with van der Waals surface area (Å²) in [5, 5.41) is 8.97. The molecule has 0 aliphatic rings. The number of nitrogens with one attached hydrogen (secondary N) is 1. The van der Waals surface area contributed by atoms with E-state index >= 15 is 0 Å². The van der Waals surface area contributed by atoms with Crippen LogP contribution in [0.25, 0.3) is 11.3 Å². The molecule has 0 amide bonds. The minimum absolute atomic E-state index is 0.465. The highest BCUT2D eigenvalue weighted by Crippen LogP contribution is 2.21. The van der Waals surface area contributed by atoms with Gasteiger partial charge in [0.2, 0.25) is 0 Å². The summed E-state index contributed by atoms with van der Waals surface area (Å²) < 4.78 is 0. The van der Waals surface area contributed by atoms with E-state index in [0.29, 0.717) is 6.04 Å². The molecule has 0 radical (unpaired) electrons. The normalized spacial score (nSPS) is 12.4. The van der Waals surface area contributed by atoms with Gasteiger partial charge in [-0.25, -0.2) is 4.98 Å². The van der Waals surface area contributed by atoms with Gasteiger partial charge in [0.25, 0.3) is 0 Å². The van der Waals surface area contributed by atoms with Crippen molar-refractivity contribution in [2.45, 2.75) is 25.9 Å². The van der Waals surface area contributed by atoms with Gasteiger partial charge in [-0.15, -0.1) is 22.7 Å². The quantitative estimate of drug-likeness (QED) is 0.719. The highest BCUT2D eigenvalue weighted by atomic mass is 32.1. The Kier molecular flexibility index (Phi) is 4.80. The lowest BCUT2D eigenvalue weighted by molar-refractivity contribution is 0.547. The number of thiophene rings is 1. The molecule has 2 nitrogen and oxygen atoms in total. The average molecular weight is 314 g/mol. The number of thiazole rings is 1. The highest BCUT2D eigenvalue weighted by Gasteiger charge is 2.07. The lowest BCUT2D eigenvalue weighted by atomic mass is 10.2. The van der Waals surface area contributed by atoms with E-state index in [2.05, 4.69) is 59.4 Å². The van der Waals surface area contributed by atoms with Gasteiger partial charge in [0.15, 0.2) is 0 Å². The Balaban J connectivity index is 1.55. The molecule has 0 bridgehead atoms. The summed E-state index contributed by atoms with van der Waals surface area (Å²) in [5.41, 5.74) is 2.26. The topological polar surface area (TPSA) is 24.9 Å². The fraction of sp³-hybridized carbons (Fsp3) is 0.235. The smallest absolute Gasteiger partial charge is 0.107 e. The van der Waals surface area contributed by atoms with Gasteiger partial charge in [0.05, 0.1) is 5.69 Å². The van der Waals surface area contributed by atoms with Crippen LogP contribution in [0.1, 0.15) is 16.8 Å². The summed E-state index contributed by atoms with van der Waals surface area (Å²) in [6.07, 6.45) is 1.08. The van der Waals surface area contributed by atoms with Crippen LogP contribution in [-0.4, -0.2) is 11.0 Å². The molecular weight excluding hydrogens is 296 g/mol. The van der Waals surface area contributed by atoms with Crippen molar-refractivity contribution < 1.29 is 0 Å². The second-order valence-electron chi connectivity index (χ2n) is 5.06. The van der Waals surface area contributed by atoms with E-state index in [-0.39, 0.29) is 0 Å². The summed E-state index contributed by atoms with van der Waals surface area (Å²) in [7, 11) is 0. The molecule has 0 saturated heterocycles. The van der Waals surface area contributed by atoms with Crippen LogP contribution < -0.4 is 5.32 Å². The number of hydrogen-bond donors (Lipinski definition) is 1. The predicted octanol–water partition coefficient (Wildman–Crippen LogP) is 4.59. The van der Waals surface area contributed by atoms with E-state index in [9.17, 15) is 0 Å². The van der Waals surface area contributed by atoms with Gasteiger partial charge in [-0.05, 0) is 24.8 Å². The Bertz CT molecular complexity index is 659. The monoisotopic (exact) mass is 314 g/mol. The zero-order chi connectivity index (χ0) is 14.5. The number of rotatable bonds is 6. The molecule has 1 atom stereocenters. The van der Waals surface area contributed by atoms with Gasteiger partial charge in [-0.1, -0.05) is 36.4 Å². The molecule has 21 heavy (non-hydrogen) atoms. The summed E-state index contributed by atoms with van der Waals surface area (Å²) in [5.74, 6) is 0. The van der Waals surface area contributed by atoms with Gasteiger partial charge >= 0.3 is 0 Å². The van der Waals surface area contributed by atoms with Crippen molar-refractivity contribution in [3.63, 3.8) is 0 Å². The van der Waals surface area contributed by atoms with Crippen LogP contribution in [0.2, 0.25) is 0 Å². The Morgan fingerprint density at radius 1 is 1.10 bits per heavy atom. The second kappa shape index (κ2) is 6.98. The highest BCUT2D eigenvalue weighted by molar-refractivity contribution is 7.10. The Morgan fingerprint density at radius 2 is 1.95 bits per heavy atom. The predicted molar refractivity (Wildman–Crippen MR) is 91.9 cm³/mol. The van der Waals surface area contributed by atoms with Crippen molar-refractivity contribution in [3.05, 3.63) is 63.1 Å². The molecule has 0 spiro atoms. The number of benzene rings is 1. The molecule has 0 fully saturated rings. The van der Waals surface area contributed by atoms with Gasteiger partial charge < -0.3 is 5.32 Å². The third-order valence-electron chi connectivity index (χ3n) is 3.31. The first-order chi connectivity index (χ1) is 10.3. The Labute approximate surface area is 133 Å². The largest absolute Gasteiger partial charge is 0.308 e. The van der Waals surface area contributed by atoms with Gasteiger partial charge in [0.1, 0.15) is 5.01 Å². The maximum absolute atomic E-state index is 4.71. The molecule has 0 aliphatic carbocycles. The van der Waals surface area contributed by atoms with E-state index in [1.165, 1.54) is 10.4 Å². The molecule has 3 rings (SSSR count). The lowest BCUT2D eigenvalue weighted by Crippen LogP contribution is -2.27. The van der Waals surface area contributed by atoms with Gasteiger partial charge in [-0.3, -0.25) is 0 Å². The second-order valence-corrected chi connectivity index (χ2v) is 7.03. The molecule has 2 aromatic heterocycles. The first-order valence-electron chi connectivity index (χ1n) is 7.07. The summed E-state index contributed by atoms with van der Waals surface area (Å²) in [4.78, 5) is 6.14. The molecule has 1 unspecified atom stereocenters. The van der Waals surface area contributed by atoms with Crippen molar-refractivity contribution in [3.8, 4) is 11.3 Å². The van der Waals surface area contributed by atoms with E-state index in [1.807, 2.05) is 17.4 Å². The van der Waals surface area contributed by atoms with E-state index in [0.717, 1.165) is 23.7 Å². The number of hydrogen-bond acceptors (Lipinski definition) is 4. The molecule has 1 N–H and O–H groups in total. The van der Waals surface area contributed by atoms with E-state index < -0.39 is 0 Å². The van der Waals surface area contributed by atoms with Crippen LogP contribution >= 0.6 is 22.7 Å². The minimum atomic E-state index is 0.465. The molecule has 108 valence electrons. The number of nitrogens with zero attached hydrogens (tertiary/aromatic N) is 1. The van der Waals surface area contributed by atoms with E-state index in [4.69, 9.17) is 4.98 Å². The third-order valence-corrected chi connectivity index (χ3v) is 5.06. The average Bonchev–Trinajstić information content (AvgIpc) is 3.17. The van der Waals surface area contributed by atoms with Gasteiger partial charge in [0, 0.05) is 28.4 Å². The van der Waals surface area contributed by atoms with E-state index in [1.54, 1.807) is 11.3 Å². The van der Waals surface area contributed by atoms with Crippen molar-refractivity contribution in [2.75, 3.05) is 0 Å². The van der Waals surface area contributed by atoms with Crippen LogP contribution in [0, 0.1) is 0 Å². The fourth-order valence-electron chi connectivity index (χ4n) is 2.20. The zero-order valence-corrected chi connectivity index (χ0v) is 13.6. The third kappa shape index (κ3) is 4.00. The van der Waals surface area contributed by atoms with Crippen molar-refractivity contribution in [2.24, 2.45) is 0 Å². The Hall–Kier alpha value is -1.49. The summed E-state index contributed by atoms with van der Waals surface area (Å²) in [6, 6.07) is 15.1. The molecule has 2 heterocycles. The molecule has 0 saturated carbocycles. The van der Waals surface area contributed by atoms with Crippen LogP contribution in [0.3, 0.4) is 0 Å². The van der Waals surface area contributed by atoms with Gasteiger partial charge in [-0.2, -0.15) is 0 Å². The first-order valence-corrected chi connectivity index (χ1v) is 8.83. The maximum Gasteiger partial charge on any atom is 0.107 e. The molecule has 3 aromatic rings. The fourth-order valence-corrected chi connectivity index (χ4v) is 3.79. The van der Waals surface area contributed by atoms with Crippen LogP contribution in [0.5, 0.6) is 0 Å². The summed E-state index contributed by atoms with van der Waals surface area (Å²) in [6.45, 7) is 3.06. The first kappa shape index (κ1) is 14.4.